The molecule has 0 spiro atoms. The van der Waals surface area contributed by atoms with Crippen molar-refractivity contribution in [2.75, 3.05) is 40.9 Å². The van der Waals surface area contributed by atoms with Crippen LogP contribution in [0.5, 0.6) is 0 Å². The van der Waals surface area contributed by atoms with Crippen molar-refractivity contribution < 1.29 is 37.3 Å². The zero-order valence-corrected chi connectivity index (χ0v) is 61.3. The number of ether oxygens (including phenoxy) is 1. The van der Waals surface area contributed by atoms with Gasteiger partial charge >= 0.3 is 5.97 Å². The first kappa shape index (κ1) is 87.2. The van der Waals surface area contributed by atoms with E-state index in [0.717, 1.165) is 64.2 Å². The van der Waals surface area contributed by atoms with Gasteiger partial charge in [-0.05, 0) is 63.9 Å². The number of hydrogen-bond acceptors (Lipinski definition) is 7. The summed E-state index contributed by atoms with van der Waals surface area (Å²) in [6.07, 6.45) is 87.2. The second kappa shape index (κ2) is 69.1. The SMILES string of the molecule is CCCCC/C=C\C/C=C\CCCCCCCCCCCCCCCC(=O)OC(/C=C/CCCCCCCCCCCCC)C(COP(=O)([O-])OCC[N+](C)(C)C)NC(=O)CCCCCCCCCCCCCCCCCCCCCCCCCCCCC. The Labute approximate surface area is 555 Å². The Morgan fingerprint density at radius 3 is 1.03 bits per heavy atom. The summed E-state index contributed by atoms with van der Waals surface area (Å²) in [5.74, 6) is -0.517. The van der Waals surface area contributed by atoms with Crippen LogP contribution in [0, 0.1) is 0 Å². The first-order chi connectivity index (χ1) is 43.4. The van der Waals surface area contributed by atoms with Gasteiger partial charge in [0.1, 0.15) is 19.3 Å². The van der Waals surface area contributed by atoms with E-state index < -0.39 is 20.0 Å². The molecular weight excluding hydrogens is 1120 g/mol. The number of allylic oxidation sites excluding steroid dienone is 5. The Morgan fingerprint density at radius 1 is 0.393 bits per heavy atom. The van der Waals surface area contributed by atoms with E-state index in [4.69, 9.17) is 13.8 Å². The van der Waals surface area contributed by atoms with E-state index in [1.807, 2.05) is 33.3 Å². The van der Waals surface area contributed by atoms with Gasteiger partial charge in [0, 0.05) is 12.8 Å². The van der Waals surface area contributed by atoms with Gasteiger partial charge in [-0.2, -0.15) is 0 Å². The van der Waals surface area contributed by atoms with Crippen molar-refractivity contribution in [3.05, 3.63) is 36.5 Å². The van der Waals surface area contributed by atoms with Crippen molar-refractivity contribution >= 4 is 19.7 Å². The van der Waals surface area contributed by atoms with E-state index in [1.54, 1.807) is 0 Å². The summed E-state index contributed by atoms with van der Waals surface area (Å²) < 4.78 is 30.6. The Morgan fingerprint density at radius 2 is 0.685 bits per heavy atom. The quantitative estimate of drug-likeness (QED) is 0.0212. The first-order valence-corrected chi connectivity index (χ1v) is 40.8. The molecule has 89 heavy (non-hydrogen) atoms. The molecule has 1 amide bonds. The van der Waals surface area contributed by atoms with Crippen LogP contribution < -0.4 is 10.2 Å². The third-order valence-electron chi connectivity index (χ3n) is 18.1. The van der Waals surface area contributed by atoms with E-state index in [1.165, 1.54) is 308 Å². The van der Waals surface area contributed by atoms with Gasteiger partial charge in [0.2, 0.25) is 5.91 Å². The predicted octanol–water partition coefficient (Wildman–Crippen LogP) is 24.7. The van der Waals surface area contributed by atoms with Gasteiger partial charge in [0.25, 0.3) is 7.82 Å². The molecule has 1 N–H and O–H groups in total. The Hall–Kier alpha value is -1.77. The number of phosphoric acid groups is 1. The molecule has 0 aromatic heterocycles. The highest BCUT2D eigenvalue weighted by Gasteiger charge is 2.27. The van der Waals surface area contributed by atoms with Crippen molar-refractivity contribution in [3.63, 3.8) is 0 Å². The molecule has 0 aromatic rings. The fourth-order valence-corrected chi connectivity index (χ4v) is 12.8. The molecule has 0 rings (SSSR count). The number of carbonyl (C=O) groups is 2. The van der Waals surface area contributed by atoms with E-state index >= 15 is 0 Å². The highest BCUT2D eigenvalue weighted by Crippen LogP contribution is 2.38. The van der Waals surface area contributed by atoms with Gasteiger partial charge in [-0.25, -0.2) is 0 Å². The first-order valence-electron chi connectivity index (χ1n) is 39.3. The molecule has 9 nitrogen and oxygen atoms in total. The molecule has 10 heteroatoms. The number of quaternary nitrogens is 1. The highest BCUT2D eigenvalue weighted by atomic mass is 31.2. The highest BCUT2D eigenvalue weighted by molar-refractivity contribution is 7.45. The number of nitrogens with zero attached hydrogens (tertiary/aromatic N) is 1. The van der Waals surface area contributed by atoms with Crippen LogP contribution in [0.25, 0.3) is 0 Å². The van der Waals surface area contributed by atoms with Crippen LogP contribution in [0.4, 0.5) is 0 Å². The minimum atomic E-state index is -4.71. The van der Waals surface area contributed by atoms with Gasteiger partial charge in [-0.1, -0.05) is 366 Å². The summed E-state index contributed by atoms with van der Waals surface area (Å²) in [6.45, 7) is 6.90. The van der Waals surface area contributed by atoms with Crippen LogP contribution in [0.3, 0.4) is 0 Å². The number of nitrogens with one attached hydrogen (secondary N) is 1. The minimum Gasteiger partial charge on any atom is -0.756 e. The van der Waals surface area contributed by atoms with E-state index in [-0.39, 0.29) is 31.5 Å². The molecule has 3 unspecified atom stereocenters. The lowest BCUT2D eigenvalue weighted by molar-refractivity contribution is -0.870. The fourth-order valence-electron chi connectivity index (χ4n) is 12.0. The Balaban J connectivity index is 4.94. The topological polar surface area (TPSA) is 114 Å². The van der Waals surface area contributed by atoms with Crippen LogP contribution in [0.1, 0.15) is 406 Å². The van der Waals surface area contributed by atoms with Crippen molar-refractivity contribution in [1.82, 2.24) is 5.32 Å². The molecule has 0 heterocycles. The maximum atomic E-state index is 13.7. The van der Waals surface area contributed by atoms with E-state index in [0.29, 0.717) is 17.4 Å². The molecule has 0 bridgehead atoms. The Bertz CT molecular complexity index is 1610. The normalized spacial score (nSPS) is 13.6. The zero-order chi connectivity index (χ0) is 64.9. The number of esters is 1. The second-order valence-corrected chi connectivity index (χ2v) is 29.6. The molecule has 0 aromatic carbocycles. The van der Waals surface area contributed by atoms with Crippen molar-refractivity contribution in [1.29, 1.82) is 0 Å². The summed E-state index contributed by atoms with van der Waals surface area (Å²) >= 11 is 0. The van der Waals surface area contributed by atoms with Crippen LogP contribution in [-0.2, 0) is 27.9 Å². The maximum Gasteiger partial charge on any atom is 0.306 e. The molecular formula is C79H153N2O7P. The largest absolute Gasteiger partial charge is 0.756 e. The lowest BCUT2D eigenvalue weighted by atomic mass is 10.0. The van der Waals surface area contributed by atoms with Gasteiger partial charge in [-0.15, -0.1) is 0 Å². The zero-order valence-electron chi connectivity index (χ0n) is 60.4. The standard InChI is InChI=1S/C79H153N2O7P/c1-7-10-13-16-19-22-25-28-30-32-34-36-38-39-40-41-43-44-46-48-50-53-56-59-62-65-68-71-78(82)80-76(75-87-89(84,85)86-74-73-81(4,5)6)77(70-67-64-61-58-55-52-27-24-21-18-15-12-9-3)88-79(83)72-69-66-63-60-57-54-51-49-47-45-42-37-35-33-31-29-26-23-20-17-14-11-8-2/h20,23,29,31,67,70,76-77H,7-19,21-22,24-28,30,32-66,68-69,71-75H2,1-6H3,(H-,80,82,84,85)/b23-20-,31-29-,70-67+. The second-order valence-electron chi connectivity index (χ2n) is 28.2. The summed E-state index contributed by atoms with van der Waals surface area (Å²) in [7, 11) is 1.21. The monoisotopic (exact) mass is 1270 g/mol. The van der Waals surface area contributed by atoms with Crippen molar-refractivity contribution in [3.8, 4) is 0 Å². The molecule has 3 atom stereocenters. The average molecular weight is 1270 g/mol. The number of amides is 1. The predicted molar refractivity (Wildman–Crippen MR) is 386 cm³/mol. The number of rotatable bonds is 73. The number of carbonyl (C=O) groups excluding carboxylic acids is 2. The third kappa shape index (κ3) is 70.4. The minimum absolute atomic E-state index is 0.0189. The lowest BCUT2D eigenvalue weighted by Gasteiger charge is -2.30. The van der Waals surface area contributed by atoms with Crippen LogP contribution in [-0.4, -0.2) is 69.4 Å². The van der Waals surface area contributed by atoms with Crippen LogP contribution in [0.15, 0.2) is 36.5 Å². The van der Waals surface area contributed by atoms with Gasteiger partial charge < -0.3 is 28.5 Å². The van der Waals surface area contributed by atoms with Gasteiger partial charge in [0.15, 0.2) is 0 Å². The van der Waals surface area contributed by atoms with Gasteiger partial charge in [0.05, 0.1) is 33.8 Å². The Kier molecular flexibility index (Phi) is 67.7. The molecule has 0 radical (unpaired) electrons. The van der Waals surface area contributed by atoms with Gasteiger partial charge in [-0.3, -0.25) is 14.2 Å². The number of likely N-dealkylation sites (N-methyl/N-ethyl adjacent to an activating group) is 1. The van der Waals surface area contributed by atoms with E-state index in [9.17, 15) is 19.0 Å². The smallest absolute Gasteiger partial charge is 0.306 e. The third-order valence-corrected chi connectivity index (χ3v) is 19.0. The molecule has 0 aliphatic heterocycles. The van der Waals surface area contributed by atoms with Crippen LogP contribution >= 0.6 is 7.82 Å². The van der Waals surface area contributed by atoms with E-state index in [2.05, 4.69) is 50.4 Å². The fraction of sp³-hybridized carbons (Fsp3) is 0.899. The number of unbranched alkanes of at least 4 members (excludes halogenated alkanes) is 53. The average Bonchev–Trinajstić information content (AvgIpc) is 3.57. The molecule has 0 saturated carbocycles. The maximum absolute atomic E-state index is 13.7. The summed E-state index contributed by atoms with van der Waals surface area (Å²) in [5.41, 5.74) is 0. The molecule has 0 fully saturated rings. The molecule has 0 aliphatic rings. The number of hydrogen-bond donors (Lipinski definition) is 1. The summed E-state index contributed by atoms with van der Waals surface area (Å²) in [5, 5.41) is 3.06. The van der Waals surface area contributed by atoms with Crippen LogP contribution in [0.2, 0.25) is 0 Å². The lowest BCUT2D eigenvalue weighted by Crippen LogP contribution is -2.47. The molecule has 0 aliphatic carbocycles. The summed E-state index contributed by atoms with van der Waals surface area (Å²) in [6, 6.07) is -0.886. The molecule has 526 valence electrons. The number of phosphoric ester groups is 1. The van der Waals surface area contributed by atoms with Crippen molar-refractivity contribution in [2.24, 2.45) is 0 Å². The van der Waals surface area contributed by atoms with Crippen molar-refractivity contribution in [2.45, 2.75) is 418 Å². The summed E-state index contributed by atoms with van der Waals surface area (Å²) in [4.78, 5) is 40.3. The molecule has 0 saturated heterocycles.